The van der Waals surface area contributed by atoms with Gasteiger partial charge in [0.2, 0.25) is 10.0 Å². The lowest BCUT2D eigenvalue weighted by molar-refractivity contribution is 0.560. The molecule has 16 heavy (non-hydrogen) atoms. The lowest BCUT2D eigenvalue weighted by Gasteiger charge is -2.05. The van der Waals surface area contributed by atoms with Crippen LogP contribution in [0.1, 0.15) is 0 Å². The third-order valence-corrected chi connectivity index (χ3v) is 3.28. The predicted octanol–water partition coefficient (Wildman–Crippen LogP) is 0.619. The number of sulfonamides is 1. The summed E-state index contributed by atoms with van der Waals surface area (Å²) in [7, 11) is -3.79. The maximum Gasteiger partial charge on any atom is 0.243 e. The van der Waals surface area contributed by atoms with Crippen molar-refractivity contribution in [2.45, 2.75) is 4.90 Å². The Morgan fingerprint density at radius 3 is 2.62 bits per heavy atom. The number of halogens is 1. The summed E-state index contributed by atoms with van der Waals surface area (Å²) in [6.45, 7) is 0.426. The molecule has 0 unspecified atom stereocenters. The molecule has 0 heterocycles. The highest BCUT2D eigenvalue weighted by molar-refractivity contribution is 7.89. The number of benzene rings is 1. The molecule has 1 aromatic carbocycles. The molecule has 0 atom stereocenters. The van der Waals surface area contributed by atoms with Gasteiger partial charge in [-0.1, -0.05) is 24.3 Å². The van der Waals surface area contributed by atoms with Gasteiger partial charge in [-0.25, -0.2) is 17.5 Å². The Labute approximate surface area is 94.0 Å². The Bertz CT molecular complexity index is 471. The van der Waals surface area contributed by atoms with E-state index in [0.717, 1.165) is 6.07 Å². The van der Waals surface area contributed by atoms with Crippen LogP contribution in [0.2, 0.25) is 0 Å². The molecule has 1 rings (SSSR count). The van der Waals surface area contributed by atoms with Gasteiger partial charge < -0.3 is 5.73 Å². The van der Waals surface area contributed by atoms with Crippen LogP contribution < -0.4 is 10.5 Å². The average molecular weight is 244 g/mol. The monoisotopic (exact) mass is 244 g/mol. The van der Waals surface area contributed by atoms with Gasteiger partial charge in [0.05, 0.1) is 0 Å². The quantitative estimate of drug-likeness (QED) is 0.746. The maximum absolute atomic E-state index is 13.2. The fraction of sp³-hybridized carbons (Fsp3) is 0.200. The highest BCUT2D eigenvalue weighted by Gasteiger charge is 2.16. The van der Waals surface area contributed by atoms with E-state index in [4.69, 9.17) is 5.73 Å². The molecule has 0 aliphatic rings. The van der Waals surface area contributed by atoms with Crippen molar-refractivity contribution in [1.29, 1.82) is 0 Å². The van der Waals surface area contributed by atoms with Crippen molar-refractivity contribution in [3.8, 4) is 0 Å². The molecule has 0 saturated heterocycles. The van der Waals surface area contributed by atoms with Crippen LogP contribution in [-0.4, -0.2) is 21.5 Å². The third kappa shape index (κ3) is 3.41. The molecule has 0 aromatic heterocycles. The highest BCUT2D eigenvalue weighted by Crippen LogP contribution is 2.12. The lowest BCUT2D eigenvalue weighted by Crippen LogP contribution is -2.24. The van der Waals surface area contributed by atoms with E-state index in [1.807, 2.05) is 0 Å². The minimum Gasteiger partial charge on any atom is -0.327 e. The topological polar surface area (TPSA) is 72.2 Å². The third-order valence-electron chi connectivity index (χ3n) is 1.82. The zero-order valence-corrected chi connectivity index (χ0v) is 9.37. The molecule has 88 valence electrons. The van der Waals surface area contributed by atoms with E-state index in [2.05, 4.69) is 4.72 Å². The van der Waals surface area contributed by atoms with Crippen molar-refractivity contribution in [2.24, 2.45) is 5.73 Å². The normalized spacial score (nSPS) is 12.1. The maximum atomic E-state index is 13.2. The van der Waals surface area contributed by atoms with Gasteiger partial charge in [-0.15, -0.1) is 0 Å². The molecule has 0 bridgehead atoms. The average Bonchev–Trinajstić information content (AvgIpc) is 2.25. The molecule has 3 N–H and O–H groups in total. The summed E-state index contributed by atoms with van der Waals surface area (Å²) >= 11 is 0. The first-order valence-electron chi connectivity index (χ1n) is 4.67. The van der Waals surface area contributed by atoms with E-state index in [9.17, 15) is 12.8 Å². The molecule has 0 fully saturated rings. The minimum atomic E-state index is -3.79. The van der Waals surface area contributed by atoms with Crippen molar-refractivity contribution in [1.82, 2.24) is 4.72 Å². The summed E-state index contributed by atoms with van der Waals surface area (Å²) in [4.78, 5) is -0.351. The van der Waals surface area contributed by atoms with Gasteiger partial charge in [0.15, 0.2) is 0 Å². The van der Waals surface area contributed by atoms with Gasteiger partial charge >= 0.3 is 0 Å². The zero-order chi connectivity index (χ0) is 12.0. The van der Waals surface area contributed by atoms with Gasteiger partial charge in [-0.05, 0) is 12.1 Å². The smallest absolute Gasteiger partial charge is 0.243 e. The molecule has 4 nitrogen and oxygen atoms in total. The second-order valence-electron chi connectivity index (χ2n) is 2.99. The second kappa shape index (κ2) is 5.74. The van der Waals surface area contributed by atoms with Crippen LogP contribution in [0, 0.1) is 5.82 Å². The first-order valence-corrected chi connectivity index (χ1v) is 6.15. The molecule has 0 spiro atoms. The summed E-state index contributed by atoms with van der Waals surface area (Å²) in [5, 5.41) is 0. The second-order valence-corrected chi connectivity index (χ2v) is 4.72. The Kier molecular flexibility index (Phi) is 4.60. The Morgan fingerprint density at radius 2 is 2.00 bits per heavy atom. The molecular formula is C10H13FN2O2S. The van der Waals surface area contributed by atoms with E-state index < -0.39 is 15.8 Å². The van der Waals surface area contributed by atoms with Crippen LogP contribution in [0.25, 0.3) is 0 Å². The van der Waals surface area contributed by atoms with E-state index in [0.29, 0.717) is 6.54 Å². The van der Waals surface area contributed by atoms with Crippen LogP contribution in [0.4, 0.5) is 4.39 Å². The fourth-order valence-corrected chi connectivity index (χ4v) is 2.13. The van der Waals surface area contributed by atoms with Gasteiger partial charge in [0.25, 0.3) is 0 Å². The van der Waals surface area contributed by atoms with Gasteiger partial charge in [-0.2, -0.15) is 0 Å². The van der Waals surface area contributed by atoms with E-state index >= 15 is 0 Å². The molecule has 6 heteroatoms. The first kappa shape index (κ1) is 12.8. The largest absolute Gasteiger partial charge is 0.327 e. The van der Waals surface area contributed by atoms with Crippen LogP contribution in [-0.2, 0) is 10.0 Å². The fourth-order valence-electron chi connectivity index (χ4n) is 1.08. The van der Waals surface area contributed by atoms with Crippen LogP contribution in [0.5, 0.6) is 0 Å². The number of nitrogens with one attached hydrogen (secondary N) is 1. The molecule has 1 aromatic rings. The van der Waals surface area contributed by atoms with Crippen molar-refractivity contribution >= 4 is 10.0 Å². The number of rotatable bonds is 5. The zero-order valence-electron chi connectivity index (χ0n) is 8.56. The summed E-state index contributed by atoms with van der Waals surface area (Å²) in [5.74, 6) is -0.766. The van der Waals surface area contributed by atoms with Gasteiger partial charge in [-0.3, -0.25) is 0 Å². The van der Waals surface area contributed by atoms with Crippen LogP contribution >= 0.6 is 0 Å². The SMILES string of the molecule is NC/C=C/CNS(=O)(=O)c1ccccc1F. The van der Waals surface area contributed by atoms with Crippen molar-refractivity contribution in [3.63, 3.8) is 0 Å². The molecule has 0 aliphatic carbocycles. The summed E-state index contributed by atoms with van der Waals surface area (Å²) in [6.07, 6.45) is 3.18. The first-order chi connectivity index (χ1) is 7.58. The molecule has 0 amide bonds. The molecule has 0 saturated carbocycles. The Morgan fingerprint density at radius 1 is 1.31 bits per heavy atom. The molecule has 0 radical (unpaired) electrons. The van der Waals surface area contributed by atoms with E-state index in [1.54, 1.807) is 12.2 Å². The number of hydrogen-bond donors (Lipinski definition) is 2. The van der Waals surface area contributed by atoms with Crippen molar-refractivity contribution in [2.75, 3.05) is 13.1 Å². The lowest BCUT2D eigenvalue weighted by atomic mass is 10.4. The van der Waals surface area contributed by atoms with Crippen molar-refractivity contribution in [3.05, 3.63) is 42.2 Å². The molecular weight excluding hydrogens is 231 g/mol. The van der Waals surface area contributed by atoms with Gasteiger partial charge in [0, 0.05) is 13.1 Å². The summed E-state index contributed by atoms with van der Waals surface area (Å²) < 4.78 is 38.6. The summed E-state index contributed by atoms with van der Waals surface area (Å²) in [5.41, 5.74) is 5.19. The number of hydrogen-bond acceptors (Lipinski definition) is 3. The molecule has 0 aliphatic heterocycles. The standard InChI is InChI=1S/C10H13FN2O2S/c11-9-5-1-2-6-10(9)16(14,15)13-8-4-3-7-12/h1-6,13H,7-8,12H2/b4-3+. The number of nitrogens with two attached hydrogens (primary N) is 1. The Hall–Kier alpha value is -1.24. The van der Waals surface area contributed by atoms with Crippen molar-refractivity contribution < 1.29 is 12.8 Å². The highest BCUT2D eigenvalue weighted by atomic mass is 32.2. The summed E-state index contributed by atoms with van der Waals surface area (Å²) in [6, 6.07) is 5.21. The van der Waals surface area contributed by atoms with Gasteiger partial charge in [0.1, 0.15) is 10.7 Å². The predicted molar refractivity (Wildman–Crippen MR) is 59.8 cm³/mol. The minimum absolute atomic E-state index is 0.0911. The van der Waals surface area contributed by atoms with E-state index in [-0.39, 0.29) is 11.4 Å². The van der Waals surface area contributed by atoms with E-state index in [1.165, 1.54) is 18.2 Å². The van der Waals surface area contributed by atoms with Crippen LogP contribution in [0.3, 0.4) is 0 Å². The van der Waals surface area contributed by atoms with Crippen LogP contribution in [0.15, 0.2) is 41.3 Å². The Balaban J connectivity index is 2.79.